The SMILES string of the molecule is CC(C)C[C@H](NC(=O)C(CS)(CCCN=C(N)N)N=O)C(=O)O. The van der Waals surface area contributed by atoms with Crippen LogP contribution in [0.25, 0.3) is 0 Å². The third-order valence-electron chi connectivity index (χ3n) is 3.21. The Labute approximate surface area is 140 Å². The molecule has 0 aliphatic rings. The number of guanidine groups is 1. The van der Waals surface area contributed by atoms with Gasteiger partial charge in [-0.05, 0) is 25.2 Å². The van der Waals surface area contributed by atoms with Gasteiger partial charge in [0.1, 0.15) is 6.04 Å². The molecule has 0 heterocycles. The number of nitrogens with two attached hydrogens (primary N) is 2. The van der Waals surface area contributed by atoms with E-state index < -0.39 is 23.5 Å². The van der Waals surface area contributed by atoms with E-state index >= 15 is 0 Å². The van der Waals surface area contributed by atoms with Crippen LogP contribution in [0.3, 0.4) is 0 Å². The molecule has 0 aromatic carbocycles. The maximum atomic E-state index is 12.3. The van der Waals surface area contributed by atoms with E-state index in [1.165, 1.54) is 0 Å². The molecule has 0 saturated heterocycles. The zero-order valence-corrected chi connectivity index (χ0v) is 14.3. The molecule has 9 nitrogen and oxygen atoms in total. The highest BCUT2D eigenvalue weighted by Gasteiger charge is 2.40. The molecule has 6 N–H and O–H groups in total. The molecule has 0 aliphatic heterocycles. The fraction of sp³-hybridized carbons (Fsp3) is 0.769. The van der Waals surface area contributed by atoms with Gasteiger partial charge in [0.2, 0.25) is 0 Å². The van der Waals surface area contributed by atoms with Crippen LogP contribution in [-0.4, -0.2) is 46.8 Å². The Kier molecular flexibility index (Phi) is 9.23. The molecule has 0 aromatic rings. The number of carboxylic acid groups (broad SMARTS) is 1. The predicted octanol–water partition coefficient (Wildman–Crippen LogP) is 0.0905. The summed E-state index contributed by atoms with van der Waals surface area (Å²) in [7, 11) is 0. The van der Waals surface area contributed by atoms with Gasteiger partial charge in [-0.3, -0.25) is 9.79 Å². The third kappa shape index (κ3) is 7.31. The highest BCUT2D eigenvalue weighted by molar-refractivity contribution is 7.80. The molecule has 1 amide bonds. The summed E-state index contributed by atoms with van der Waals surface area (Å²) >= 11 is 4.02. The molecule has 1 unspecified atom stereocenters. The van der Waals surface area contributed by atoms with E-state index in [0.29, 0.717) is 6.42 Å². The van der Waals surface area contributed by atoms with Gasteiger partial charge < -0.3 is 21.9 Å². The molecule has 0 aliphatic carbocycles. The van der Waals surface area contributed by atoms with Crippen molar-refractivity contribution in [1.82, 2.24) is 5.32 Å². The van der Waals surface area contributed by atoms with E-state index in [0.717, 1.165) is 0 Å². The number of hydrogen-bond acceptors (Lipinski definition) is 6. The maximum Gasteiger partial charge on any atom is 0.326 e. The van der Waals surface area contributed by atoms with Crippen LogP contribution in [0.1, 0.15) is 33.1 Å². The Balaban J connectivity index is 4.97. The normalized spacial score (nSPS) is 14.6. The summed E-state index contributed by atoms with van der Waals surface area (Å²) in [4.78, 5) is 38.5. The number of carbonyl (C=O) groups excluding carboxylic acids is 1. The zero-order chi connectivity index (χ0) is 18.0. The van der Waals surface area contributed by atoms with Gasteiger partial charge in [0.05, 0.1) is 0 Å². The average Bonchev–Trinajstić information content (AvgIpc) is 2.46. The van der Waals surface area contributed by atoms with Crippen LogP contribution in [0.15, 0.2) is 10.2 Å². The fourth-order valence-corrected chi connectivity index (χ4v) is 2.30. The van der Waals surface area contributed by atoms with E-state index in [9.17, 15) is 14.5 Å². The van der Waals surface area contributed by atoms with Crippen LogP contribution >= 0.6 is 12.6 Å². The van der Waals surface area contributed by atoms with E-state index in [1.54, 1.807) is 0 Å². The number of nitroso groups, excluding NO2 is 1. The van der Waals surface area contributed by atoms with Gasteiger partial charge in [-0.1, -0.05) is 19.0 Å². The lowest BCUT2D eigenvalue weighted by Gasteiger charge is -2.26. The minimum absolute atomic E-state index is 0.0628. The van der Waals surface area contributed by atoms with Crippen molar-refractivity contribution in [3.05, 3.63) is 4.91 Å². The first kappa shape index (κ1) is 21.2. The summed E-state index contributed by atoms with van der Waals surface area (Å²) in [6.07, 6.45) is 0.646. The third-order valence-corrected chi connectivity index (χ3v) is 3.74. The molecular weight excluding hydrogens is 322 g/mol. The molecule has 0 aromatic heterocycles. The molecule has 0 spiro atoms. The number of thiol groups is 1. The Morgan fingerprint density at radius 3 is 2.35 bits per heavy atom. The van der Waals surface area contributed by atoms with Gasteiger partial charge in [-0.15, -0.1) is 4.91 Å². The van der Waals surface area contributed by atoms with Gasteiger partial charge in [0, 0.05) is 12.3 Å². The van der Waals surface area contributed by atoms with Crippen LogP contribution in [0, 0.1) is 10.8 Å². The second-order valence-corrected chi connectivity index (χ2v) is 6.00. The average molecular weight is 347 g/mol. The van der Waals surface area contributed by atoms with Crippen molar-refractivity contribution >= 4 is 30.5 Å². The first-order chi connectivity index (χ1) is 10.7. The van der Waals surface area contributed by atoms with Crippen LogP contribution < -0.4 is 16.8 Å². The van der Waals surface area contributed by atoms with Gasteiger partial charge in [-0.2, -0.15) is 12.6 Å². The van der Waals surface area contributed by atoms with E-state index in [4.69, 9.17) is 16.6 Å². The van der Waals surface area contributed by atoms with Crippen molar-refractivity contribution in [2.24, 2.45) is 27.6 Å². The zero-order valence-electron chi connectivity index (χ0n) is 13.4. The Morgan fingerprint density at radius 2 is 1.96 bits per heavy atom. The summed E-state index contributed by atoms with van der Waals surface area (Å²) in [5.74, 6) is -2.08. The molecule has 0 radical (unpaired) electrons. The lowest BCUT2D eigenvalue weighted by atomic mass is 9.94. The number of nitrogens with one attached hydrogen (secondary N) is 1. The van der Waals surface area contributed by atoms with Crippen LogP contribution in [0.5, 0.6) is 0 Å². The number of hydrogen-bond donors (Lipinski definition) is 5. The monoisotopic (exact) mass is 347 g/mol. The summed E-state index contributed by atoms with van der Waals surface area (Å²) in [5.41, 5.74) is 8.74. The second kappa shape index (κ2) is 10.0. The maximum absolute atomic E-state index is 12.3. The first-order valence-electron chi connectivity index (χ1n) is 7.23. The Morgan fingerprint density at radius 1 is 1.35 bits per heavy atom. The van der Waals surface area contributed by atoms with Crippen LogP contribution in [0.2, 0.25) is 0 Å². The van der Waals surface area contributed by atoms with Crippen LogP contribution in [-0.2, 0) is 9.59 Å². The molecule has 0 bridgehead atoms. The van der Waals surface area contributed by atoms with Crippen molar-refractivity contribution in [3.8, 4) is 0 Å². The smallest absolute Gasteiger partial charge is 0.326 e. The molecule has 10 heteroatoms. The molecular formula is C13H25N5O4S. The Hall–Kier alpha value is -1.84. The van der Waals surface area contributed by atoms with E-state index in [-0.39, 0.29) is 37.0 Å². The van der Waals surface area contributed by atoms with Gasteiger partial charge in [0.25, 0.3) is 5.91 Å². The number of aliphatic imine (C=N–C) groups is 1. The minimum Gasteiger partial charge on any atom is -0.480 e. The van der Waals surface area contributed by atoms with Gasteiger partial charge >= 0.3 is 5.97 Å². The van der Waals surface area contributed by atoms with Crippen molar-refractivity contribution in [3.63, 3.8) is 0 Å². The lowest BCUT2D eigenvalue weighted by Crippen LogP contribution is -2.52. The minimum atomic E-state index is -1.65. The number of carbonyl (C=O) groups is 2. The number of rotatable bonds is 11. The Bertz CT molecular complexity index is 454. The summed E-state index contributed by atoms with van der Waals surface area (Å²) in [5, 5.41) is 14.4. The van der Waals surface area contributed by atoms with Gasteiger partial charge in [-0.25, -0.2) is 4.79 Å². The van der Waals surface area contributed by atoms with E-state index in [2.05, 4.69) is 28.1 Å². The van der Waals surface area contributed by atoms with Crippen molar-refractivity contribution < 1.29 is 14.7 Å². The molecule has 0 saturated carbocycles. The fourth-order valence-electron chi connectivity index (χ4n) is 1.95. The van der Waals surface area contributed by atoms with Crippen molar-refractivity contribution in [2.45, 2.75) is 44.7 Å². The highest BCUT2D eigenvalue weighted by atomic mass is 32.1. The lowest BCUT2D eigenvalue weighted by molar-refractivity contribution is -0.143. The van der Waals surface area contributed by atoms with Crippen molar-refractivity contribution in [2.75, 3.05) is 12.3 Å². The summed E-state index contributed by atoms with van der Waals surface area (Å²) in [6.45, 7) is 3.90. The van der Waals surface area contributed by atoms with Crippen molar-refractivity contribution in [1.29, 1.82) is 0 Å². The molecule has 0 fully saturated rings. The number of amides is 1. The highest BCUT2D eigenvalue weighted by Crippen LogP contribution is 2.21. The van der Waals surface area contributed by atoms with Crippen LogP contribution in [0.4, 0.5) is 0 Å². The van der Waals surface area contributed by atoms with E-state index in [1.807, 2.05) is 13.8 Å². The standard InChI is InChI=1S/C13H25N5O4S/c1-8(2)6-9(10(19)20)17-11(21)13(7-23,18-22)4-3-5-16-12(14)15/h8-9,23H,3-7H2,1-2H3,(H,17,21)(H,19,20)(H4,14,15,16)/t9-,13?/m0/s1. The quantitative estimate of drug-likeness (QED) is 0.117. The number of nitrogens with zero attached hydrogens (tertiary/aromatic N) is 2. The molecule has 132 valence electrons. The number of aliphatic carboxylic acids is 1. The summed E-state index contributed by atoms with van der Waals surface area (Å²) < 4.78 is 0. The molecule has 0 rings (SSSR count). The molecule has 2 atom stereocenters. The first-order valence-corrected chi connectivity index (χ1v) is 7.86. The topological polar surface area (TPSA) is 160 Å². The predicted molar refractivity (Wildman–Crippen MR) is 91.3 cm³/mol. The molecule has 23 heavy (non-hydrogen) atoms. The van der Waals surface area contributed by atoms with Gasteiger partial charge in [0.15, 0.2) is 11.5 Å². The summed E-state index contributed by atoms with van der Waals surface area (Å²) in [6, 6.07) is -1.08. The largest absolute Gasteiger partial charge is 0.480 e. The second-order valence-electron chi connectivity index (χ2n) is 5.68. The number of carboxylic acids is 1.